The SMILES string of the molecule is CCN(C(=O)C(Cc1cnn(Cc2ccccc2Cl)c1)C(=O)O)c1ccccc1. The second kappa shape index (κ2) is 9.39. The van der Waals surface area contributed by atoms with E-state index in [1.54, 1.807) is 29.2 Å². The molecule has 1 aromatic heterocycles. The van der Waals surface area contributed by atoms with Crippen molar-refractivity contribution in [3.63, 3.8) is 0 Å². The highest BCUT2D eigenvalue weighted by molar-refractivity contribution is 6.31. The Balaban J connectivity index is 1.76. The van der Waals surface area contributed by atoms with Gasteiger partial charge < -0.3 is 10.0 Å². The molecular formula is C22H22ClN3O3. The first kappa shape index (κ1) is 20.6. The highest BCUT2D eigenvalue weighted by atomic mass is 35.5. The van der Waals surface area contributed by atoms with Crippen LogP contribution >= 0.6 is 11.6 Å². The van der Waals surface area contributed by atoms with Gasteiger partial charge in [0.05, 0.1) is 12.7 Å². The molecule has 0 saturated carbocycles. The molecule has 0 aliphatic carbocycles. The lowest BCUT2D eigenvalue weighted by Crippen LogP contribution is -2.40. The maximum absolute atomic E-state index is 13.0. The van der Waals surface area contributed by atoms with Gasteiger partial charge in [0.15, 0.2) is 0 Å². The van der Waals surface area contributed by atoms with Gasteiger partial charge in [0, 0.05) is 23.5 Å². The van der Waals surface area contributed by atoms with Crippen LogP contribution in [0.1, 0.15) is 18.1 Å². The first-order valence-electron chi connectivity index (χ1n) is 9.33. The number of aliphatic carboxylic acids is 1. The maximum Gasteiger partial charge on any atom is 0.316 e. The van der Waals surface area contributed by atoms with Crippen LogP contribution in [0.15, 0.2) is 67.0 Å². The second-order valence-corrected chi connectivity index (χ2v) is 7.06. The van der Waals surface area contributed by atoms with Gasteiger partial charge in [-0.15, -0.1) is 0 Å². The summed E-state index contributed by atoms with van der Waals surface area (Å²) < 4.78 is 1.69. The van der Waals surface area contributed by atoms with E-state index < -0.39 is 17.8 Å². The molecule has 0 spiro atoms. The molecule has 1 N–H and O–H groups in total. The van der Waals surface area contributed by atoms with E-state index in [9.17, 15) is 14.7 Å². The molecule has 0 fully saturated rings. The van der Waals surface area contributed by atoms with E-state index in [1.165, 1.54) is 4.90 Å². The summed E-state index contributed by atoms with van der Waals surface area (Å²) in [5.41, 5.74) is 2.28. The third kappa shape index (κ3) is 5.03. The third-order valence-electron chi connectivity index (χ3n) is 4.66. The Labute approximate surface area is 174 Å². The molecule has 0 saturated heterocycles. The fraction of sp³-hybridized carbons (Fsp3) is 0.227. The van der Waals surface area contributed by atoms with E-state index in [0.717, 1.165) is 5.56 Å². The van der Waals surface area contributed by atoms with E-state index in [-0.39, 0.29) is 6.42 Å². The van der Waals surface area contributed by atoms with Crippen molar-refractivity contribution in [2.75, 3.05) is 11.4 Å². The molecule has 3 aromatic rings. The molecule has 2 aromatic carbocycles. The van der Waals surface area contributed by atoms with Gasteiger partial charge >= 0.3 is 5.97 Å². The van der Waals surface area contributed by atoms with Gasteiger partial charge in [-0.3, -0.25) is 14.3 Å². The molecule has 0 radical (unpaired) electrons. The van der Waals surface area contributed by atoms with Crippen LogP contribution in [0.3, 0.4) is 0 Å². The van der Waals surface area contributed by atoms with Crippen LogP contribution in [0.2, 0.25) is 5.02 Å². The predicted octanol–water partition coefficient (Wildman–Crippen LogP) is 3.88. The summed E-state index contributed by atoms with van der Waals surface area (Å²) in [6.07, 6.45) is 3.42. The Morgan fingerprint density at radius 1 is 1.14 bits per heavy atom. The van der Waals surface area contributed by atoms with Crippen LogP contribution in [0.25, 0.3) is 0 Å². The van der Waals surface area contributed by atoms with Crippen molar-refractivity contribution < 1.29 is 14.7 Å². The van der Waals surface area contributed by atoms with Gasteiger partial charge in [0.1, 0.15) is 5.92 Å². The van der Waals surface area contributed by atoms with E-state index >= 15 is 0 Å². The number of carboxylic acid groups (broad SMARTS) is 1. The topological polar surface area (TPSA) is 75.4 Å². The number of para-hydroxylation sites is 1. The lowest BCUT2D eigenvalue weighted by atomic mass is 9.99. The molecule has 1 heterocycles. The molecule has 0 bridgehead atoms. The highest BCUT2D eigenvalue weighted by Gasteiger charge is 2.31. The molecule has 150 valence electrons. The zero-order chi connectivity index (χ0) is 20.8. The average molecular weight is 412 g/mol. The lowest BCUT2D eigenvalue weighted by molar-refractivity contribution is -0.146. The number of rotatable bonds is 8. The van der Waals surface area contributed by atoms with E-state index in [1.807, 2.05) is 49.4 Å². The van der Waals surface area contributed by atoms with Crippen molar-refractivity contribution in [1.29, 1.82) is 0 Å². The summed E-state index contributed by atoms with van der Waals surface area (Å²) in [6, 6.07) is 16.5. The van der Waals surface area contributed by atoms with Crippen LogP contribution in [-0.2, 0) is 22.6 Å². The number of benzene rings is 2. The molecule has 3 rings (SSSR count). The van der Waals surface area contributed by atoms with Gasteiger partial charge in [-0.25, -0.2) is 0 Å². The summed E-state index contributed by atoms with van der Waals surface area (Å²) in [7, 11) is 0. The first-order chi connectivity index (χ1) is 14.0. The fourth-order valence-electron chi connectivity index (χ4n) is 3.18. The molecule has 1 unspecified atom stereocenters. The van der Waals surface area contributed by atoms with Gasteiger partial charge in [0.25, 0.3) is 0 Å². The minimum atomic E-state index is -1.19. The molecule has 1 atom stereocenters. The van der Waals surface area contributed by atoms with Crippen molar-refractivity contribution in [3.8, 4) is 0 Å². The summed E-state index contributed by atoms with van der Waals surface area (Å²) in [5, 5.41) is 14.6. The minimum absolute atomic E-state index is 0.0695. The van der Waals surface area contributed by atoms with Crippen LogP contribution in [0, 0.1) is 5.92 Å². The average Bonchev–Trinajstić information content (AvgIpc) is 3.16. The number of carbonyl (C=O) groups is 2. The quantitative estimate of drug-likeness (QED) is 0.571. The number of anilines is 1. The number of nitrogens with zero attached hydrogens (tertiary/aromatic N) is 3. The number of aromatic nitrogens is 2. The molecule has 0 aliphatic rings. The Hall–Kier alpha value is -3.12. The Morgan fingerprint density at radius 3 is 2.48 bits per heavy atom. The smallest absolute Gasteiger partial charge is 0.316 e. The van der Waals surface area contributed by atoms with Crippen molar-refractivity contribution >= 4 is 29.2 Å². The highest BCUT2D eigenvalue weighted by Crippen LogP contribution is 2.20. The summed E-state index contributed by atoms with van der Waals surface area (Å²) >= 11 is 6.19. The number of amides is 1. The fourth-order valence-corrected chi connectivity index (χ4v) is 3.37. The lowest BCUT2D eigenvalue weighted by Gasteiger charge is -2.24. The summed E-state index contributed by atoms with van der Waals surface area (Å²) in [5.74, 6) is -2.78. The Kier molecular flexibility index (Phi) is 6.67. The van der Waals surface area contributed by atoms with E-state index in [0.29, 0.717) is 29.4 Å². The van der Waals surface area contributed by atoms with Gasteiger partial charge in [0.2, 0.25) is 5.91 Å². The van der Waals surface area contributed by atoms with Crippen molar-refractivity contribution in [2.45, 2.75) is 19.9 Å². The van der Waals surface area contributed by atoms with Gasteiger partial charge in [-0.05, 0) is 42.7 Å². The van der Waals surface area contributed by atoms with Crippen molar-refractivity contribution in [3.05, 3.63) is 83.1 Å². The predicted molar refractivity (Wildman–Crippen MR) is 112 cm³/mol. The molecule has 7 heteroatoms. The van der Waals surface area contributed by atoms with Gasteiger partial charge in [-0.1, -0.05) is 48.0 Å². The number of halogens is 1. The monoisotopic (exact) mass is 411 g/mol. The standard InChI is InChI=1S/C22H22ClN3O3/c1-2-26(18-9-4-3-5-10-18)21(27)19(22(28)29)12-16-13-24-25(14-16)15-17-8-6-7-11-20(17)23/h3-11,13-14,19H,2,12,15H2,1H3,(H,28,29). The minimum Gasteiger partial charge on any atom is -0.481 e. The largest absolute Gasteiger partial charge is 0.481 e. The van der Waals surface area contributed by atoms with Crippen molar-refractivity contribution in [2.24, 2.45) is 5.92 Å². The zero-order valence-corrected chi connectivity index (χ0v) is 16.8. The maximum atomic E-state index is 13.0. The van der Waals surface area contributed by atoms with E-state index in [2.05, 4.69) is 5.10 Å². The molecule has 0 aliphatic heterocycles. The van der Waals surface area contributed by atoms with E-state index in [4.69, 9.17) is 11.6 Å². The van der Waals surface area contributed by atoms with Crippen LogP contribution < -0.4 is 4.90 Å². The summed E-state index contributed by atoms with van der Waals surface area (Å²) in [6.45, 7) is 2.68. The molecule has 29 heavy (non-hydrogen) atoms. The van der Waals surface area contributed by atoms with Crippen LogP contribution in [0.5, 0.6) is 0 Å². The first-order valence-corrected chi connectivity index (χ1v) is 9.71. The number of hydrogen-bond acceptors (Lipinski definition) is 3. The number of carboxylic acids is 1. The normalized spacial score (nSPS) is 11.8. The Bertz CT molecular complexity index is 988. The summed E-state index contributed by atoms with van der Waals surface area (Å²) in [4.78, 5) is 26.3. The van der Waals surface area contributed by atoms with Crippen LogP contribution in [0.4, 0.5) is 5.69 Å². The zero-order valence-electron chi connectivity index (χ0n) is 16.0. The molecular weight excluding hydrogens is 390 g/mol. The van der Waals surface area contributed by atoms with Gasteiger partial charge in [-0.2, -0.15) is 5.10 Å². The van der Waals surface area contributed by atoms with Crippen LogP contribution in [-0.4, -0.2) is 33.3 Å². The van der Waals surface area contributed by atoms with Crippen molar-refractivity contribution in [1.82, 2.24) is 9.78 Å². The number of hydrogen-bond donors (Lipinski definition) is 1. The number of carbonyl (C=O) groups excluding carboxylic acids is 1. The molecule has 6 nitrogen and oxygen atoms in total. The Morgan fingerprint density at radius 2 is 1.83 bits per heavy atom. The second-order valence-electron chi connectivity index (χ2n) is 6.65. The third-order valence-corrected chi connectivity index (χ3v) is 5.03. The molecule has 1 amide bonds.